The maximum absolute atomic E-state index is 11.4. The Bertz CT molecular complexity index is 500. The predicted molar refractivity (Wildman–Crippen MR) is 80.3 cm³/mol. The van der Waals surface area contributed by atoms with Crippen LogP contribution in [-0.4, -0.2) is 71.6 Å². The highest BCUT2D eigenvalue weighted by Crippen LogP contribution is 2.32. The molecule has 0 amide bonds. The molecule has 0 spiro atoms. The molecular weight excluding hydrogens is 274 g/mol. The standard InChI is InChI=1S/C12H21N7O2/c1-4-17-5-7-18(8-6-17)12-10(19(20)21)11(13-9-14-12)15-16(2)3/h9H,4-8H2,1-3H3,(H,13,14,15). The van der Waals surface area contributed by atoms with E-state index in [2.05, 4.69) is 27.2 Å². The fraction of sp³-hybridized carbons (Fsp3) is 0.667. The molecule has 9 nitrogen and oxygen atoms in total. The smallest absolute Gasteiger partial charge is 0.348 e. The van der Waals surface area contributed by atoms with Crippen molar-refractivity contribution in [3.05, 3.63) is 16.4 Å². The second-order valence-corrected chi connectivity index (χ2v) is 5.08. The van der Waals surface area contributed by atoms with Crippen molar-refractivity contribution in [2.45, 2.75) is 6.92 Å². The van der Waals surface area contributed by atoms with E-state index in [0.29, 0.717) is 5.82 Å². The highest BCUT2D eigenvalue weighted by molar-refractivity contribution is 5.70. The van der Waals surface area contributed by atoms with E-state index < -0.39 is 4.92 Å². The Balaban J connectivity index is 2.28. The summed E-state index contributed by atoms with van der Waals surface area (Å²) in [6, 6.07) is 0. The Labute approximate surface area is 123 Å². The van der Waals surface area contributed by atoms with Gasteiger partial charge >= 0.3 is 5.69 Å². The Kier molecular flexibility index (Phi) is 4.86. The molecular formula is C12H21N7O2. The minimum Gasteiger partial charge on any atom is -0.348 e. The molecule has 2 heterocycles. The average Bonchev–Trinajstić information content (AvgIpc) is 2.46. The number of nitro groups is 1. The van der Waals surface area contributed by atoms with E-state index in [1.807, 2.05) is 4.90 Å². The third kappa shape index (κ3) is 3.56. The summed E-state index contributed by atoms with van der Waals surface area (Å²) in [6.07, 6.45) is 1.36. The van der Waals surface area contributed by atoms with Crippen molar-refractivity contribution in [3.63, 3.8) is 0 Å². The molecule has 1 aliphatic rings. The number of aromatic nitrogens is 2. The van der Waals surface area contributed by atoms with Gasteiger partial charge in [0, 0.05) is 40.3 Å². The van der Waals surface area contributed by atoms with Gasteiger partial charge in [0.05, 0.1) is 4.92 Å². The summed E-state index contributed by atoms with van der Waals surface area (Å²) in [5.74, 6) is 0.600. The van der Waals surface area contributed by atoms with Gasteiger partial charge in [-0.2, -0.15) is 0 Å². The van der Waals surface area contributed by atoms with E-state index in [4.69, 9.17) is 0 Å². The largest absolute Gasteiger partial charge is 0.354 e. The fourth-order valence-corrected chi connectivity index (χ4v) is 2.34. The summed E-state index contributed by atoms with van der Waals surface area (Å²) >= 11 is 0. The maximum Gasteiger partial charge on any atom is 0.354 e. The van der Waals surface area contributed by atoms with E-state index in [0.717, 1.165) is 32.7 Å². The van der Waals surface area contributed by atoms with Gasteiger partial charge in [0.15, 0.2) is 0 Å². The van der Waals surface area contributed by atoms with E-state index in [1.54, 1.807) is 19.1 Å². The van der Waals surface area contributed by atoms with Crippen molar-refractivity contribution in [1.82, 2.24) is 19.9 Å². The zero-order chi connectivity index (χ0) is 15.4. The number of hydrogen-bond acceptors (Lipinski definition) is 8. The first kappa shape index (κ1) is 15.4. The number of nitrogens with zero attached hydrogens (tertiary/aromatic N) is 6. The Morgan fingerprint density at radius 3 is 2.52 bits per heavy atom. The van der Waals surface area contributed by atoms with Crippen LogP contribution in [0, 0.1) is 10.1 Å². The van der Waals surface area contributed by atoms with Crippen molar-refractivity contribution < 1.29 is 4.92 Å². The average molecular weight is 295 g/mol. The number of piperazine rings is 1. The third-order valence-electron chi connectivity index (χ3n) is 3.43. The molecule has 0 bridgehead atoms. The van der Waals surface area contributed by atoms with Crippen LogP contribution in [0.15, 0.2) is 6.33 Å². The van der Waals surface area contributed by atoms with Crippen LogP contribution in [0.3, 0.4) is 0 Å². The second-order valence-electron chi connectivity index (χ2n) is 5.08. The van der Waals surface area contributed by atoms with Gasteiger partial charge in [-0.25, -0.2) is 15.0 Å². The van der Waals surface area contributed by atoms with Crippen LogP contribution in [0.4, 0.5) is 17.3 Å². The highest BCUT2D eigenvalue weighted by Gasteiger charge is 2.29. The minimum absolute atomic E-state index is 0.0730. The molecule has 116 valence electrons. The number of likely N-dealkylation sites (N-methyl/N-ethyl adjacent to an activating group) is 1. The SMILES string of the molecule is CCN1CCN(c2ncnc(NN(C)C)c2[N+](=O)[O-])CC1. The summed E-state index contributed by atoms with van der Waals surface area (Å²) in [5.41, 5.74) is 2.78. The zero-order valence-corrected chi connectivity index (χ0v) is 12.6. The maximum atomic E-state index is 11.4. The molecule has 0 aromatic carbocycles. The van der Waals surface area contributed by atoms with Crippen molar-refractivity contribution in [1.29, 1.82) is 0 Å². The van der Waals surface area contributed by atoms with Gasteiger partial charge in [-0.1, -0.05) is 6.92 Å². The number of nitrogens with one attached hydrogen (secondary N) is 1. The monoisotopic (exact) mass is 295 g/mol. The number of hydrogen-bond donors (Lipinski definition) is 1. The van der Waals surface area contributed by atoms with Crippen LogP contribution in [0.25, 0.3) is 0 Å². The lowest BCUT2D eigenvalue weighted by molar-refractivity contribution is -0.383. The highest BCUT2D eigenvalue weighted by atomic mass is 16.6. The van der Waals surface area contributed by atoms with Crippen LogP contribution in [-0.2, 0) is 0 Å². The van der Waals surface area contributed by atoms with Crippen LogP contribution < -0.4 is 10.3 Å². The molecule has 0 aliphatic carbocycles. The van der Waals surface area contributed by atoms with Gasteiger partial charge in [0.25, 0.3) is 0 Å². The summed E-state index contributed by atoms with van der Waals surface area (Å²) in [5, 5.41) is 13.0. The van der Waals surface area contributed by atoms with Crippen LogP contribution in [0.5, 0.6) is 0 Å². The summed E-state index contributed by atoms with van der Waals surface area (Å²) in [6.45, 7) is 6.33. The molecule has 1 aromatic rings. The minimum atomic E-state index is -0.423. The van der Waals surface area contributed by atoms with E-state index in [-0.39, 0.29) is 11.5 Å². The molecule has 1 fully saturated rings. The van der Waals surface area contributed by atoms with Gasteiger partial charge in [-0.15, -0.1) is 0 Å². The summed E-state index contributed by atoms with van der Waals surface area (Å²) < 4.78 is 0. The van der Waals surface area contributed by atoms with E-state index in [9.17, 15) is 10.1 Å². The zero-order valence-electron chi connectivity index (χ0n) is 12.6. The van der Waals surface area contributed by atoms with E-state index in [1.165, 1.54) is 6.33 Å². The molecule has 9 heteroatoms. The van der Waals surface area contributed by atoms with Crippen LogP contribution in [0.1, 0.15) is 6.92 Å². The van der Waals surface area contributed by atoms with E-state index >= 15 is 0 Å². The Hall–Kier alpha value is -2.00. The van der Waals surface area contributed by atoms with Crippen molar-refractivity contribution in [3.8, 4) is 0 Å². The quantitative estimate of drug-likeness (QED) is 0.617. The lowest BCUT2D eigenvalue weighted by atomic mass is 10.3. The molecule has 0 atom stereocenters. The molecule has 21 heavy (non-hydrogen) atoms. The molecule has 0 saturated carbocycles. The third-order valence-corrected chi connectivity index (χ3v) is 3.43. The molecule has 0 radical (unpaired) electrons. The first-order chi connectivity index (χ1) is 10.0. The van der Waals surface area contributed by atoms with Crippen molar-refractivity contribution >= 4 is 17.3 Å². The van der Waals surface area contributed by atoms with Crippen molar-refractivity contribution in [2.75, 3.05) is 57.1 Å². The molecule has 1 saturated heterocycles. The molecule has 0 unspecified atom stereocenters. The molecule has 1 aromatic heterocycles. The van der Waals surface area contributed by atoms with Gasteiger partial charge in [-0.3, -0.25) is 15.5 Å². The van der Waals surface area contributed by atoms with Gasteiger partial charge in [0.1, 0.15) is 6.33 Å². The van der Waals surface area contributed by atoms with Gasteiger partial charge in [0.2, 0.25) is 11.6 Å². The molecule has 1 N–H and O–H groups in total. The lowest BCUT2D eigenvalue weighted by Crippen LogP contribution is -2.46. The number of anilines is 2. The van der Waals surface area contributed by atoms with Crippen LogP contribution >= 0.6 is 0 Å². The second kappa shape index (κ2) is 6.64. The van der Waals surface area contributed by atoms with Gasteiger partial charge < -0.3 is 9.80 Å². The van der Waals surface area contributed by atoms with Gasteiger partial charge in [-0.05, 0) is 6.54 Å². The first-order valence-electron chi connectivity index (χ1n) is 6.93. The number of hydrazine groups is 1. The topological polar surface area (TPSA) is 90.7 Å². The number of rotatable bonds is 5. The van der Waals surface area contributed by atoms with Crippen molar-refractivity contribution in [2.24, 2.45) is 0 Å². The van der Waals surface area contributed by atoms with Crippen LogP contribution in [0.2, 0.25) is 0 Å². The molecule has 2 rings (SSSR count). The Morgan fingerprint density at radius 2 is 2.00 bits per heavy atom. The Morgan fingerprint density at radius 1 is 1.33 bits per heavy atom. The fourth-order valence-electron chi connectivity index (χ4n) is 2.34. The summed E-state index contributed by atoms with van der Waals surface area (Å²) in [4.78, 5) is 23.4. The first-order valence-corrected chi connectivity index (χ1v) is 6.93. The lowest BCUT2D eigenvalue weighted by Gasteiger charge is -2.34. The molecule has 1 aliphatic heterocycles. The summed E-state index contributed by atoms with van der Waals surface area (Å²) in [7, 11) is 3.51. The predicted octanol–water partition coefficient (Wildman–Crippen LogP) is 0.415. The normalized spacial score (nSPS) is 16.3.